The maximum absolute atomic E-state index is 14.1. The van der Waals surface area contributed by atoms with E-state index in [1.165, 1.54) is 23.9 Å². The molecule has 0 unspecified atom stereocenters. The van der Waals surface area contributed by atoms with Crippen molar-refractivity contribution in [2.24, 2.45) is 0 Å². The number of ether oxygens (including phenoxy) is 1. The Morgan fingerprint density at radius 3 is 2.53 bits per heavy atom. The van der Waals surface area contributed by atoms with E-state index in [4.69, 9.17) is 4.74 Å². The first-order valence-corrected chi connectivity index (χ1v) is 10.2. The SMILES string of the molecule is COc1ccc(Cn2c(SCc3ccc(F)cc3F)nc3ccccc3c2=O)cc1. The van der Waals surface area contributed by atoms with Gasteiger partial charge in [-0.05, 0) is 41.5 Å². The third-order valence-corrected chi connectivity index (χ3v) is 5.72. The van der Waals surface area contributed by atoms with Gasteiger partial charge >= 0.3 is 0 Å². The zero-order valence-electron chi connectivity index (χ0n) is 16.1. The summed E-state index contributed by atoms with van der Waals surface area (Å²) in [5, 5.41) is 0.988. The number of rotatable bonds is 6. The molecule has 0 fully saturated rings. The Morgan fingerprint density at radius 1 is 1.03 bits per heavy atom. The second-order valence-corrected chi connectivity index (χ2v) is 7.62. The highest BCUT2D eigenvalue weighted by Crippen LogP contribution is 2.25. The molecule has 0 atom stereocenters. The predicted molar refractivity (Wildman–Crippen MR) is 114 cm³/mol. The van der Waals surface area contributed by atoms with Gasteiger partial charge in [-0.1, -0.05) is 42.1 Å². The van der Waals surface area contributed by atoms with Crippen LogP contribution in [0.5, 0.6) is 5.75 Å². The van der Waals surface area contributed by atoms with Crippen molar-refractivity contribution in [1.82, 2.24) is 9.55 Å². The lowest BCUT2D eigenvalue weighted by atomic mass is 10.2. The quantitative estimate of drug-likeness (QED) is 0.322. The molecule has 0 N–H and O–H groups in total. The minimum absolute atomic E-state index is 0.168. The van der Waals surface area contributed by atoms with Gasteiger partial charge < -0.3 is 4.74 Å². The predicted octanol–water partition coefficient (Wildman–Crippen LogP) is 5.02. The molecule has 0 radical (unpaired) electrons. The molecule has 4 rings (SSSR count). The second kappa shape index (κ2) is 8.67. The summed E-state index contributed by atoms with van der Waals surface area (Å²) in [7, 11) is 1.59. The average Bonchev–Trinajstić information content (AvgIpc) is 2.76. The zero-order chi connectivity index (χ0) is 21.1. The maximum atomic E-state index is 14.1. The number of nitrogens with zero attached hydrogens (tertiary/aromatic N) is 2. The number of aromatic nitrogens is 2. The van der Waals surface area contributed by atoms with E-state index in [1.54, 1.807) is 29.9 Å². The molecular weight excluding hydrogens is 406 g/mol. The maximum Gasteiger partial charge on any atom is 0.262 e. The number of hydrogen-bond donors (Lipinski definition) is 0. The summed E-state index contributed by atoms with van der Waals surface area (Å²) in [6, 6.07) is 18.0. The lowest BCUT2D eigenvalue weighted by molar-refractivity contribution is 0.414. The number of fused-ring (bicyclic) bond motifs is 1. The van der Waals surface area contributed by atoms with Gasteiger partial charge in [-0.3, -0.25) is 9.36 Å². The third kappa shape index (κ3) is 4.21. The monoisotopic (exact) mass is 424 g/mol. The number of methoxy groups -OCH3 is 1. The van der Waals surface area contributed by atoms with Crippen molar-refractivity contribution in [2.75, 3.05) is 7.11 Å². The van der Waals surface area contributed by atoms with Crippen LogP contribution in [0.4, 0.5) is 8.78 Å². The van der Waals surface area contributed by atoms with Gasteiger partial charge in [0.1, 0.15) is 17.4 Å². The van der Waals surface area contributed by atoms with Crippen LogP contribution in [0.15, 0.2) is 76.7 Å². The fourth-order valence-corrected chi connectivity index (χ4v) is 4.08. The normalized spacial score (nSPS) is 11.0. The summed E-state index contributed by atoms with van der Waals surface area (Å²) in [5.74, 6) is -0.294. The van der Waals surface area contributed by atoms with Gasteiger partial charge in [0, 0.05) is 11.8 Å². The molecule has 1 aromatic heterocycles. The van der Waals surface area contributed by atoms with Crippen molar-refractivity contribution in [3.8, 4) is 5.75 Å². The Bertz CT molecular complexity index is 1260. The van der Waals surface area contributed by atoms with Crippen LogP contribution in [-0.4, -0.2) is 16.7 Å². The van der Waals surface area contributed by atoms with Gasteiger partial charge in [0.25, 0.3) is 5.56 Å². The molecule has 1 heterocycles. The lowest BCUT2D eigenvalue weighted by Crippen LogP contribution is -2.24. The molecular formula is C23H18F2N2O2S. The smallest absolute Gasteiger partial charge is 0.262 e. The Balaban J connectivity index is 1.72. The first-order valence-electron chi connectivity index (χ1n) is 9.24. The molecule has 30 heavy (non-hydrogen) atoms. The number of halogens is 2. The number of thioether (sulfide) groups is 1. The van der Waals surface area contributed by atoms with E-state index in [0.29, 0.717) is 28.2 Å². The molecule has 0 saturated heterocycles. The summed E-state index contributed by atoms with van der Waals surface area (Å²) in [5.41, 5.74) is 1.67. The molecule has 152 valence electrons. The van der Waals surface area contributed by atoms with Crippen LogP contribution in [0.2, 0.25) is 0 Å². The van der Waals surface area contributed by atoms with Gasteiger partial charge in [0.15, 0.2) is 5.16 Å². The van der Waals surface area contributed by atoms with E-state index in [0.717, 1.165) is 17.4 Å². The minimum atomic E-state index is -0.624. The van der Waals surface area contributed by atoms with Crippen LogP contribution in [0.1, 0.15) is 11.1 Å². The third-order valence-electron chi connectivity index (χ3n) is 4.70. The second-order valence-electron chi connectivity index (χ2n) is 6.68. The molecule has 4 nitrogen and oxygen atoms in total. The average molecular weight is 424 g/mol. The standard InChI is InChI=1S/C23H18F2N2O2S/c1-29-18-10-6-15(7-11-18)13-27-22(28)19-4-2-3-5-21(19)26-23(27)30-14-16-8-9-17(24)12-20(16)25/h2-12H,13-14H2,1H3. The molecule has 0 saturated carbocycles. The van der Waals surface area contributed by atoms with Gasteiger partial charge in [0.2, 0.25) is 0 Å². The van der Waals surface area contributed by atoms with Crippen LogP contribution in [0.3, 0.4) is 0 Å². The molecule has 3 aromatic carbocycles. The fraction of sp³-hybridized carbons (Fsp3) is 0.130. The highest BCUT2D eigenvalue weighted by Gasteiger charge is 2.14. The van der Waals surface area contributed by atoms with Gasteiger partial charge in [0.05, 0.1) is 24.6 Å². The molecule has 0 aliphatic heterocycles. The lowest BCUT2D eigenvalue weighted by Gasteiger charge is -2.14. The van der Waals surface area contributed by atoms with Crippen molar-refractivity contribution >= 4 is 22.7 Å². The van der Waals surface area contributed by atoms with E-state index in [2.05, 4.69) is 4.98 Å². The molecule has 0 aliphatic rings. The zero-order valence-corrected chi connectivity index (χ0v) is 17.0. The molecule has 0 spiro atoms. The number of hydrogen-bond acceptors (Lipinski definition) is 4. The summed E-state index contributed by atoms with van der Waals surface area (Å²) in [4.78, 5) is 17.8. The van der Waals surface area contributed by atoms with Crippen molar-refractivity contribution in [2.45, 2.75) is 17.5 Å². The van der Waals surface area contributed by atoms with Crippen LogP contribution in [0.25, 0.3) is 10.9 Å². The van der Waals surface area contributed by atoms with Crippen molar-refractivity contribution in [3.05, 3.63) is 99.8 Å². The summed E-state index contributed by atoms with van der Waals surface area (Å²) >= 11 is 1.24. The Morgan fingerprint density at radius 2 is 1.80 bits per heavy atom. The Kier molecular flexibility index (Phi) is 5.81. The molecule has 0 bridgehead atoms. The fourth-order valence-electron chi connectivity index (χ4n) is 3.09. The van der Waals surface area contributed by atoms with Crippen molar-refractivity contribution in [1.29, 1.82) is 0 Å². The van der Waals surface area contributed by atoms with E-state index in [9.17, 15) is 13.6 Å². The molecule has 0 amide bonds. The van der Waals surface area contributed by atoms with E-state index < -0.39 is 11.6 Å². The Hall–Kier alpha value is -3.19. The summed E-state index contributed by atoms with van der Waals surface area (Å²) < 4.78 is 34.0. The number of para-hydroxylation sites is 1. The van der Waals surface area contributed by atoms with Crippen LogP contribution < -0.4 is 10.3 Å². The first kappa shape index (κ1) is 20.1. The topological polar surface area (TPSA) is 44.1 Å². The van der Waals surface area contributed by atoms with Gasteiger partial charge in [-0.25, -0.2) is 13.8 Å². The van der Waals surface area contributed by atoms with Crippen LogP contribution in [-0.2, 0) is 12.3 Å². The highest BCUT2D eigenvalue weighted by molar-refractivity contribution is 7.98. The van der Waals surface area contributed by atoms with Gasteiger partial charge in [-0.15, -0.1) is 0 Å². The minimum Gasteiger partial charge on any atom is -0.497 e. The largest absolute Gasteiger partial charge is 0.497 e. The van der Waals surface area contributed by atoms with Crippen LogP contribution >= 0.6 is 11.8 Å². The van der Waals surface area contributed by atoms with E-state index in [1.807, 2.05) is 30.3 Å². The number of benzene rings is 3. The molecule has 4 aromatic rings. The Labute approximate surface area is 176 Å². The highest BCUT2D eigenvalue weighted by atomic mass is 32.2. The summed E-state index contributed by atoms with van der Waals surface area (Å²) in [6.07, 6.45) is 0. The van der Waals surface area contributed by atoms with Crippen LogP contribution in [0, 0.1) is 11.6 Å². The molecule has 7 heteroatoms. The van der Waals surface area contributed by atoms with Gasteiger partial charge in [-0.2, -0.15) is 0 Å². The van der Waals surface area contributed by atoms with E-state index in [-0.39, 0.29) is 11.3 Å². The molecule has 0 aliphatic carbocycles. The summed E-state index contributed by atoms with van der Waals surface area (Å²) in [6.45, 7) is 0.314. The van der Waals surface area contributed by atoms with E-state index >= 15 is 0 Å². The first-order chi connectivity index (χ1) is 14.5. The van der Waals surface area contributed by atoms with Crippen molar-refractivity contribution in [3.63, 3.8) is 0 Å². The van der Waals surface area contributed by atoms with Crippen molar-refractivity contribution < 1.29 is 13.5 Å².